The van der Waals surface area contributed by atoms with Crippen molar-refractivity contribution in [2.45, 2.75) is 0 Å². The van der Waals surface area contributed by atoms with E-state index in [1.807, 2.05) is 23.5 Å². The van der Waals surface area contributed by atoms with Crippen LogP contribution < -0.4 is 0 Å². The molecule has 0 amide bonds. The Morgan fingerprint density at radius 3 is 1.65 bits per heavy atom. The molecule has 0 atom stereocenters. The highest BCUT2D eigenvalue weighted by Crippen LogP contribution is 2.43. The van der Waals surface area contributed by atoms with E-state index in [1.54, 1.807) is 0 Å². The molecule has 4 heteroatoms. The molecule has 3 heterocycles. The molecule has 256 valence electrons. The summed E-state index contributed by atoms with van der Waals surface area (Å²) in [4.78, 5) is 15.5. The van der Waals surface area contributed by atoms with Crippen molar-refractivity contribution < 1.29 is 0 Å². The van der Waals surface area contributed by atoms with Crippen LogP contribution in [0.25, 0.3) is 109 Å². The number of para-hydroxylation sites is 2. The van der Waals surface area contributed by atoms with Crippen LogP contribution in [0.4, 0.5) is 0 Å². The zero-order valence-corrected chi connectivity index (χ0v) is 30.5. The van der Waals surface area contributed by atoms with Crippen LogP contribution >= 0.6 is 11.3 Å². The molecule has 0 fully saturated rings. The van der Waals surface area contributed by atoms with Gasteiger partial charge in [-0.15, -0.1) is 11.3 Å². The van der Waals surface area contributed by atoms with Gasteiger partial charge in [-0.05, 0) is 46.5 Å². The molecule has 0 aliphatic rings. The molecule has 0 N–H and O–H groups in total. The Hall–Kier alpha value is -7.01. The number of thiophene rings is 1. The van der Waals surface area contributed by atoms with Crippen molar-refractivity contribution in [1.82, 2.24) is 15.0 Å². The first-order chi connectivity index (χ1) is 27.2. The van der Waals surface area contributed by atoms with Gasteiger partial charge < -0.3 is 0 Å². The summed E-state index contributed by atoms with van der Waals surface area (Å²) in [5.41, 5.74) is 11.6. The number of pyridine rings is 1. The first-order valence-electron chi connectivity index (χ1n) is 18.5. The Bertz CT molecular complexity index is 3240. The second-order valence-corrected chi connectivity index (χ2v) is 15.0. The Morgan fingerprint density at radius 1 is 0.309 bits per heavy atom. The highest BCUT2D eigenvalue weighted by molar-refractivity contribution is 7.26. The summed E-state index contributed by atoms with van der Waals surface area (Å²) >= 11 is 1.87. The van der Waals surface area contributed by atoms with Crippen LogP contribution in [0.15, 0.2) is 188 Å². The van der Waals surface area contributed by atoms with E-state index in [-0.39, 0.29) is 0 Å². The van der Waals surface area contributed by atoms with Gasteiger partial charge >= 0.3 is 0 Å². The predicted molar refractivity (Wildman–Crippen MR) is 232 cm³/mol. The van der Waals surface area contributed by atoms with E-state index < -0.39 is 0 Å². The fraction of sp³-hybridized carbons (Fsp3) is 0. The Labute approximate surface area is 321 Å². The van der Waals surface area contributed by atoms with Gasteiger partial charge in [-0.1, -0.05) is 164 Å². The molecule has 0 aliphatic carbocycles. The summed E-state index contributed by atoms with van der Waals surface area (Å²) in [5.74, 6) is 0.709. The molecule has 0 unspecified atom stereocenters. The van der Waals surface area contributed by atoms with E-state index in [9.17, 15) is 0 Å². The second-order valence-electron chi connectivity index (χ2n) is 14.0. The maximum absolute atomic E-state index is 5.29. The molecular formula is C51H31N3S. The Kier molecular flexibility index (Phi) is 7.35. The zero-order valence-electron chi connectivity index (χ0n) is 29.6. The quantitative estimate of drug-likeness (QED) is 0.166. The first-order valence-corrected chi connectivity index (χ1v) is 19.3. The van der Waals surface area contributed by atoms with E-state index in [4.69, 9.17) is 15.0 Å². The van der Waals surface area contributed by atoms with Gasteiger partial charge in [0.25, 0.3) is 0 Å². The number of benzene rings is 8. The monoisotopic (exact) mass is 717 g/mol. The maximum Gasteiger partial charge on any atom is 0.160 e. The van der Waals surface area contributed by atoms with E-state index >= 15 is 0 Å². The number of fused-ring (bicyclic) bond motifs is 8. The average Bonchev–Trinajstić information content (AvgIpc) is 3.65. The van der Waals surface area contributed by atoms with Crippen molar-refractivity contribution in [2.75, 3.05) is 0 Å². The third-order valence-electron chi connectivity index (χ3n) is 10.7. The SMILES string of the molecule is c1ccc(-c2ccc(-c3nc(-c4ccc(-c5cccc(-c6nc7ccccc7c7c6ccc6c8ccccc8sc67)c5)cc4)nc4ccccc34)cc2)cc1. The van der Waals surface area contributed by atoms with Crippen molar-refractivity contribution >= 4 is 64.1 Å². The largest absolute Gasteiger partial charge is 0.247 e. The number of aromatic nitrogens is 3. The Balaban J connectivity index is 0.979. The minimum absolute atomic E-state index is 0.709. The number of hydrogen-bond acceptors (Lipinski definition) is 4. The molecule has 0 bridgehead atoms. The Morgan fingerprint density at radius 2 is 0.855 bits per heavy atom. The molecule has 0 saturated heterocycles. The molecule has 55 heavy (non-hydrogen) atoms. The van der Waals surface area contributed by atoms with Crippen LogP contribution in [0.1, 0.15) is 0 Å². The van der Waals surface area contributed by atoms with Crippen LogP contribution in [-0.2, 0) is 0 Å². The van der Waals surface area contributed by atoms with Gasteiger partial charge in [0, 0.05) is 58.4 Å². The lowest BCUT2D eigenvalue weighted by atomic mass is 9.95. The molecule has 0 aliphatic heterocycles. The minimum Gasteiger partial charge on any atom is -0.247 e. The fourth-order valence-corrected chi connectivity index (χ4v) is 9.24. The summed E-state index contributed by atoms with van der Waals surface area (Å²) in [6.45, 7) is 0. The van der Waals surface area contributed by atoms with Crippen molar-refractivity contribution in [3.8, 4) is 56.2 Å². The molecule has 0 spiro atoms. The van der Waals surface area contributed by atoms with Crippen LogP contribution in [0.5, 0.6) is 0 Å². The molecule has 3 aromatic heterocycles. The van der Waals surface area contributed by atoms with Crippen LogP contribution in [0, 0.1) is 0 Å². The van der Waals surface area contributed by atoms with Gasteiger partial charge in [-0.25, -0.2) is 15.0 Å². The normalized spacial score (nSPS) is 11.6. The van der Waals surface area contributed by atoms with E-state index in [0.29, 0.717) is 5.82 Å². The summed E-state index contributed by atoms with van der Waals surface area (Å²) in [6, 6.07) is 66.6. The highest BCUT2D eigenvalue weighted by atomic mass is 32.1. The van der Waals surface area contributed by atoms with Gasteiger partial charge in [0.1, 0.15) is 0 Å². The van der Waals surface area contributed by atoms with E-state index in [0.717, 1.165) is 55.6 Å². The van der Waals surface area contributed by atoms with Gasteiger partial charge in [0.05, 0.1) is 22.4 Å². The molecular weight excluding hydrogens is 687 g/mol. The van der Waals surface area contributed by atoms with Crippen LogP contribution in [0.3, 0.4) is 0 Å². The molecule has 3 nitrogen and oxygen atoms in total. The van der Waals surface area contributed by atoms with Crippen LogP contribution in [0.2, 0.25) is 0 Å². The smallest absolute Gasteiger partial charge is 0.160 e. The van der Waals surface area contributed by atoms with Gasteiger partial charge in [-0.2, -0.15) is 0 Å². The third kappa shape index (κ3) is 5.38. The van der Waals surface area contributed by atoms with Crippen molar-refractivity contribution in [1.29, 1.82) is 0 Å². The third-order valence-corrected chi connectivity index (χ3v) is 11.9. The zero-order chi connectivity index (χ0) is 36.3. The lowest BCUT2D eigenvalue weighted by Gasteiger charge is -2.13. The average molecular weight is 718 g/mol. The lowest BCUT2D eigenvalue weighted by Crippen LogP contribution is -1.95. The van der Waals surface area contributed by atoms with E-state index in [2.05, 4.69) is 176 Å². The second kappa shape index (κ2) is 12.8. The molecule has 8 aromatic carbocycles. The summed E-state index contributed by atoms with van der Waals surface area (Å²) in [6.07, 6.45) is 0. The standard InChI is InChI=1S/C51H31N3S/c1-2-11-32(12-3-1)33-21-25-35(26-22-33)48-42-17-5-8-19-45(42)53-51(54-48)36-27-23-34(24-28-36)37-13-10-14-38(31-37)49-43-30-29-40-39-15-6-9-20-46(39)55-50(40)47(43)41-16-4-7-18-44(41)52-49/h1-31H. The number of nitrogens with zero attached hydrogens (tertiary/aromatic N) is 3. The van der Waals surface area contributed by atoms with Crippen molar-refractivity contribution in [3.05, 3.63) is 188 Å². The van der Waals surface area contributed by atoms with Gasteiger partial charge in [0.2, 0.25) is 0 Å². The first kappa shape index (κ1) is 31.5. The maximum atomic E-state index is 5.29. The molecule has 11 rings (SSSR count). The molecule has 11 aromatic rings. The number of hydrogen-bond donors (Lipinski definition) is 0. The lowest BCUT2D eigenvalue weighted by molar-refractivity contribution is 1.23. The van der Waals surface area contributed by atoms with Crippen LogP contribution in [-0.4, -0.2) is 15.0 Å². The van der Waals surface area contributed by atoms with E-state index in [1.165, 1.54) is 47.5 Å². The molecule has 0 saturated carbocycles. The summed E-state index contributed by atoms with van der Waals surface area (Å²) in [5, 5.41) is 7.27. The minimum atomic E-state index is 0.709. The summed E-state index contributed by atoms with van der Waals surface area (Å²) < 4.78 is 2.62. The topological polar surface area (TPSA) is 38.7 Å². The highest BCUT2D eigenvalue weighted by Gasteiger charge is 2.17. The van der Waals surface area contributed by atoms with Gasteiger partial charge in [0.15, 0.2) is 5.82 Å². The molecule has 0 radical (unpaired) electrons. The van der Waals surface area contributed by atoms with Crippen molar-refractivity contribution in [3.63, 3.8) is 0 Å². The fourth-order valence-electron chi connectivity index (χ4n) is 7.97. The number of rotatable bonds is 5. The van der Waals surface area contributed by atoms with Gasteiger partial charge in [-0.3, -0.25) is 0 Å². The summed E-state index contributed by atoms with van der Waals surface area (Å²) in [7, 11) is 0. The predicted octanol–water partition coefficient (Wildman–Crippen LogP) is 14.0. The van der Waals surface area contributed by atoms with Crippen molar-refractivity contribution in [2.24, 2.45) is 0 Å².